The lowest BCUT2D eigenvalue weighted by Gasteiger charge is -2.21. The number of anilines is 4. The van der Waals surface area contributed by atoms with Gasteiger partial charge in [-0.15, -0.1) is 22.7 Å². The Balaban J connectivity index is 0.000000146. The highest BCUT2D eigenvalue weighted by atomic mass is 32.1. The molecule has 0 N–H and O–H groups in total. The molecule has 0 aliphatic rings. The van der Waals surface area contributed by atoms with E-state index < -0.39 is 0 Å². The van der Waals surface area contributed by atoms with Crippen LogP contribution in [-0.2, 0) is 0 Å². The summed E-state index contributed by atoms with van der Waals surface area (Å²) in [7, 11) is 4.20. The molecule has 6 heteroatoms. The zero-order valence-corrected chi connectivity index (χ0v) is 29.4. The third kappa shape index (κ3) is 6.47. The normalized spacial score (nSPS) is 11.0. The average molecular weight is 683 g/mol. The number of fused-ring (bicyclic) bond motifs is 3. The van der Waals surface area contributed by atoms with Crippen LogP contribution in [0.25, 0.3) is 52.3 Å². The Labute approximate surface area is 300 Å². The van der Waals surface area contributed by atoms with Crippen LogP contribution < -0.4 is 9.80 Å². The highest BCUT2D eigenvalue weighted by Crippen LogP contribution is 2.35. The molecule has 0 atom stereocenters. The number of hydrogen-bond donors (Lipinski definition) is 0. The lowest BCUT2D eigenvalue weighted by atomic mass is 10.1. The van der Waals surface area contributed by atoms with Crippen molar-refractivity contribution in [2.24, 2.45) is 0 Å². The van der Waals surface area contributed by atoms with E-state index in [9.17, 15) is 0 Å². The molecule has 2 heterocycles. The molecule has 9 aromatic rings. The Kier molecular flexibility index (Phi) is 8.78. The molecular formula is C44H34N4S2. The van der Waals surface area contributed by atoms with Gasteiger partial charge in [0.1, 0.15) is 10.0 Å². The van der Waals surface area contributed by atoms with E-state index in [1.807, 2.05) is 18.2 Å². The molecule has 50 heavy (non-hydrogen) atoms. The highest BCUT2D eigenvalue weighted by Gasteiger charge is 2.11. The summed E-state index contributed by atoms with van der Waals surface area (Å²) in [5.74, 6) is 0. The molecule has 0 spiro atoms. The maximum Gasteiger partial charge on any atom is 0.124 e. The van der Waals surface area contributed by atoms with Gasteiger partial charge in [0.15, 0.2) is 0 Å². The van der Waals surface area contributed by atoms with Gasteiger partial charge in [0.25, 0.3) is 0 Å². The van der Waals surface area contributed by atoms with Crippen molar-refractivity contribution in [1.29, 1.82) is 0 Å². The zero-order chi connectivity index (χ0) is 33.9. The molecule has 0 amide bonds. The third-order valence-electron chi connectivity index (χ3n) is 8.86. The van der Waals surface area contributed by atoms with Gasteiger partial charge in [-0.3, -0.25) is 0 Å². The molecule has 0 fully saturated rings. The molecule has 242 valence electrons. The van der Waals surface area contributed by atoms with Crippen molar-refractivity contribution in [2.45, 2.75) is 0 Å². The van der Waals surface area contributed by atoms with E-state index in [4.69, 9.17) is 9.97 Å². The second kappa shape index (κ2) is 14.0. The lowest BCUT2D eigenvalue weighted by Crippen LogP contribution is -2.09. The van der Waals surface area contributed by atoms with Crippen LogP contribution in [0.15, 0.2) is 170 Å². The smallest absolute Gasteiger partial charge is 0.124 e. The Hall–Kier alpha value is -5.82. The molecule has 4 nitrogen and oxygen atoms in total. The van der Waals surface area contributed by atoms with Gasteiger partial charge in [-0.05, 0) is 96.4 Å². The van der Waals surface area contributed by atoms with E-state index in [1.54, 1.807) is 22.7 Å². The van der Waals surface area contributed by atoms with Crippen LogP contribution >= 0.6 is 22.7 Å². The molecular weight excluding hydrogens is 649 g/mol. The summed E-state index contributed by atoms with van der Waals surface area (Å²) >= 11 is 3.47. The van der Waals surface area contributed by atoms with Crippen molar-refractivity contribution < 1.29 is 0 Å². The molecule has 7 aromatic carbocycles. The van der Waals surface area contributed by atoms with Crippen molar-refractivity contribution in [1.82, 2.24) is 9.97 Å². The highest BCUT2D eigenvalue weighted by molar-refractivity contribution is 7.22. The first kappa shape index (κ1) is 31.4. The van der Waals surface area contributed by atoms with Gasteiger partial charge >= 0.3 is 0 Å². The minimum absolute atomic E-state index is 1.06. The van der Waals surface area contributed by atoms with Crippen LogP contribution in [0.5, 0.6) is 0 Å². The number of para-hydroxylation sites is 3. The van der Waals surface area contributed by atoms with Crippen LogP contribution in [-0.4, -0.2) is 24.1 Å². The summed E-state index contributed by atoms with van der Waals surface area (Å²) in [5.41, 5.74) is 9.17. The van der Waals surface area contributed by atoms with Crippen molar-refractivity contribution in [3.63, 3.8) is 0 Å². The van der Waals surface area contributed by atoms with Gasteiger partial charge in [0, 0.05) is 53.4 Å². The number of hydrogen-bond acceptors (Lipinski definition) is 6. The fourth-order valence-corrected chi connectivity index (χ4v) is 8.03. The summed E-state index contributed by atoms with van der Waals surface area (Å²) in [6, 6.07) is 59.1. The predicted octanol–water partition coefficient (Wildman–Crippen LogP) is 12.6. The topological polar surface area (TPSA) is 32.3 Å². The lowest BCUT2D eigenvalue weighted by molar-refractivity contribution is 1.21. The van der Waals surface area contributed by atoms with Gasteiger partial charge in [0.2, 0.25) is 0 Å². The number of nitrogens with zero attached hydrogens (tertiary/aromatic N) is 4. The molecule has 0 unspecified atom stereocenters. The summed E-state index contributed by atoms with van der Waals surface area (Å²) < 4.78 is 2.46. The summed E-state index contributed by atoms with van der Waals surface area (Å²) in [5, 5.41) is 4.65. The van der Waals surface area contributed by atoms with Crippen LogP contribution in [0, 0.1) is 0 Å². The quantitative estimate of drug-likeness (QED) is 0.175. The minimum atomic E-state index is 1.06. The van der Waals surface area contributed by atoms with Crippen molar-refractivity contribution in [3.8, 4) is 21.1 Å². The first-order chi connectivity index (χ1) is 24.6. The minimum Gasteiger partial charge on any atom is -0.345 e. The van der Waals surface area contributed by atoms with Gasteiger partial charge in [0.05, 0.1) is 20.4 Å². The largest absolute Gasteiger partial charge is 0.345 e. The first-order valence-corrected chi connectivity index (χ1v) is 18.2. The maximum absolute atomic E-state index is 4.76. The second-order valence-electron chi connectivity index (χ2n) is 12.0. The Morgan fingerprint density at radius 1 is 0.400 bits per heavy atom. The van der Waals surface area contributed by atoms with E-state index in [0.29, 0.717) is 0 Å². The zero-order valence-electron chi connectivity index (χ0n) is 27.8. The van der Waals surface area contributed by atoms with Crippen LogP contribution in [0.2, 0.25) is 0 Å². The molecule has 0 aliphatic carbocycles. The molecule has 0 aliphatic heterocycles. The fraction of sp³-hybridized carbons (Fsp3) is 0.0455. The van der Waals surface area contributed by atoms with E-state index in [0.717, 1.165) is 37.9 Å². The monoisotopic (exact) mass is 682 g/mol. The summed E-state index contributed by atoms with van der Waals surface area (Å²) in [6.45, 7) is 0. The maximum atomic E-state index is 4.76. The number of thiazole rings is 2. The molecule has 0 bridgehead atoms. The predicted molar refractivity (Wildman–Crippen MR) is 217 cm³/mol. The molecule has 0 saturated heterocycles. The summed E-state index contributed by atoms with van der Waals surface area (Å²) in [4.78, 5) is 13.9. The standard InChI is InChI=1S/C24H18N2S.C20H16N2S/c1-26(22-11-6-8-17-7-2-3-9-20(17)22)19-15-13-18(14-16-19)24-25-21-10-4-5-12-23(21)27-24;1-22(16-7-3-2-4-8-16)17-13-11-15(12-14-17)20-21-18-9-5-6-10-19(18)23-20/h2-16H,1H3;2-14H,1H3. The van der Waals surface area contributed by atoms with E-state index in [1.165, 1.54) is 37.2 Å². The van der Waals surface area contributed by atoms with Gasteiger partial charge < -0.3 is 9.80 Å². The van der Waals surface area contributed by atoms with E-state index >= 15 is 0 Å². The average Bonchev–Trinajstić information content (AvgIpc) is 3.83. The Morgan fingerprint density at radius 3 is 1.44 bits per heavy atom. The fourth-order valence-electron chi connectivity index (χ4n) is 6.09. The van der Waals surface area contributed by atoms with Gasteiger partial charge in [-0.25, -0.2) is 9.97 Å². The van der Waals surface area contributed by atoms with Gasteiger partial charge in [-0.1, -0.05) is 78.9 Å². The van der Waals surface area contributed by atoms with Crippen LogP contribution in [0.1, 0.15) is 0 Å². The third-order valence-corrected chi connectivity index (χ3v) is 11.0. The summed E-state index contributed by atoms with van der Waals surface area (Å²) in [6.07, 6.45) is 0. The first-order valence-electron chi connectivity index (χ1n) is 16.5. The van der Waals surface area contributed by atoms with Gasteiger partial charge in [-0.2, -0.15) is 0 Å². The van der Waals surface area contributed by atoms with Crippen molar-refractivity contribution in [3.05, 3.63) is 170 Å². The van der Waals surface area contributed by atoms with Crippen LogP contribution in [0.4, 0.5) is 22.7 Å². The van der Waals surface area contributed by atoms with E-state index in [-0.39, 0.29) is 0 Å². The number of aromatic nitrogens is 2. The second-order valence-corrected chi connectivity index (χ2v) is 14.1. The number of rotatable bonds is 6. The Morgan fingerprint density at radius 2 is 0.860 bits per heavy atom. The Bertz CT molecular complexity index is 2450. The number of benzene rings is 7. The van der Waals surface area contributed by atoms with Crippen molar-refractivity contribution in [2.75, 3.05) is 23.9 Å². The van der Waals surface area contributed by atoms with Crippen LogP contribution in [0.3, 0.4) is 0 Å². The molecule has 0 radical (unpaired) electrons. The molecule has 0 saturated carbocycles. The molecule has 2 aromatic heterocycles. The van der Waals surface area contributed by atoms with Crippen molar-refractivity contribution >= 4 is 76.6 Å². The van der Waals surface area contributed by atoms with E-state index in [2.05, 4.69) is 176 Å². The SMILES string of the molecule is CN(c1ccc(-c2nc3ccccc3s2)cc1)c1cccc2ccccc12.CN(c1ccccc1)c1ccc(-c2nc3ccccc3s2)cc1. The molecule has 9 rings (SSSR count).